The molecule has 1 amide bonds. The molecule has 0 saturated heterocycles. The Morgan fingerprint density at radius 1 is 1.53 bits per heavy atom. The van der Waals surface area contributed by atoms with Crippen LogP contribution in [0.5, 0.6) is 0 Å². The van der Waals surface area contributed by atoms with E-state index < -0.39 is 0 Å². The molecule has 2 aromatic heterocycles. The molecule has 0 saturated carbocycles. The quantitative estimate of drug-likeness (QED) is 0.926. The number of carbonyl (C=O) groups excluding carboxylic acids is 1. The number of nitrogens with zero attached hydrogens (tertiary/aromatic N) is 3. The Bertz CT molecular complexity index is 552. The van der Waals surface area contributed by atoms with Gasteiger partial charge in [0.2, 0.25) is 0 Å². The molecule has 17 heavy (non-hydrogen) atoms. The third kappa shape index (κ3) is 2.83. The number of carbonyl (C=O) groups is 1. The lowest BCUT2D eigenvalue weighted by Gasteiger charge is -2.02. The van der Waals surface area contributed by atoms with Crippen molar-refractivity contribution in [3.05, 3.63) is 39.7 Å². The van der Waals surface area contributed by atoms with Crippen molar-refractivity contribution in [3.8, 4) is 0 Å². The van der Waals surface area contributed by atoms with Crippen LogP contribution in [0.15, 0.2) is 29.0 Å². The minimum absolute atomic E-state index is 0.180. The number of aromatic nitrogens is 3. The van der Waals surface area contributed by atoms with Gasteiger partial charge < -0.3 is 5.32 Å². The van der Waals surface area contributed by atoms with E-state index in [9.17, 15) is 4.79 Å². The van der Waals surface area contributed by atoms with E-state index in [1.807, 2.05) is 0 Å². The van der Waals surface area contributed by atoms with E-state index in [2.05, 4.69) is 31.3 Å². The van der Waals surface area contributed by atoms with Gasteiger partial charge in [0.15, 0.2) is 5.69 Å². The average molecular weight is 316 g/mol. The largest absolute Gasteiger partial charge is 0.305 e. The third-order valence-corrected chi connectivity index (χ3v) is 2.71. The number of halogens is 2. The van der Waals surface area contributed by atoms with Crippen molar-refractivity contribution in [2.75, 3.05) is 5.32 Å². The van der Waals surface area contributed by atoms with Crippen LogP contribution in [-0.4, -0.2) is 20.7 Å². The van der Waals surface area contributed by atoms with Gasteiger partial charge in [-0.1, -0.05) is 11.6 Å². The monoisotopic (exact) mass is 314 g/mol. The van der Waals surface area contributed by atoms with Crippen molar-refractivity contribution in [1.29, 1.82) is 0 Å². The number of hydrogen-bond donors (Lipinski definition) is 1. The fraction of sp³-hybridized carbons (Fsp3) is 0.100. The SMILES string of the molecule is Cn1cc(Cl)c(C(=O)Nc2ccc(Br)cn2)n1. The lowest BCUT2D eigenvalue weighted by atomic mass is 10.4. The summed E-state index contributed by atoms with van der Waals surface area (Å²) in [6.45, 7) is 0. The maximum atomic E-state index is 11.8. The Kier molecular flexibility index (Phi) is 3.44. The van der Waals surface area contributed by atoms with E-state index in [-0.39, 0.29) is 11.6 Å². The second kappa shape index (κ2) is 4.85. The van der Waals surface area contributed by atoms with Crippen molar-refractivity contribution in [1.82, 2.24) is 14.8 Å². The molecule has 0 aliphatic carbocycles. The van der Waals surface area contributed by atoms with Crippen LogP contribution in [0, 0.1) is 0 Å². The molecule has 0 atom stereocenters. The maximum Gasteiger partial charge on any atom is 0.278 e. The predicted molar refractivity (Wildman–Crippen MR) is 68.1 cm³/mol. The zero-order chi connectivity index (χ0) is 12.4. The Labute approximate surface area is 111 Å². The van der Waals surface area contributed by atoms with E-state index in [0.29, 0.717) is 10.8 Å². The molecule has 2 heterocycles. The van der Waals surface area contributed by atoms with E-state index in [4.69, 9.17) is 11.6 Å². The minimum atomic E-state index is -0.384. The number of pyridine rings is 1. The fourth-order valence-corrected chi connectivity index (χ4v) is 1.74. The minimum Gasteiger partial charge on any atom is -0.305 e. The van der Waals surface area contributed by atoms with Gasteiger partial charge in [-0.2, -0.15) is 5.10 Å². The van der Waals surface area contributed by atoms with Crippen LogP contribution >= 0.6 is 27.5 Å². The third-order valence-electron chi connectivity index (χ3n) is 1.97. The van der Waals surface area contributed by atoms with Crippen molar-refractivity contribution >= 4 is 39.3 Å². The van der Waals surface area contributed by atoms with Gasteiger partial charge in [0, 0.05) is 23.9 Å². The van der Waals surface area contributed by atoms with Crippen LogP contribution in [0.3, 0.4) is 0 Å². The Hall–Kier alpha value is -1.40. The van der Waals surface area contributed by atoms with Crippen molar-refractivity contribution in [2.45, 2.75) is 0 Å². The molecular weight excluding hydrogens is 307 g/mol. The zero-order valence-electron chi connectivity index (χ0n) is 8.82. The molecule has 0 aromatic carbocycles. The molecule has 0 fully saturated rings. The van der Waals surface area contributed by atoms with Crippen LogP contribution in [0.25, 0.3) is 0 Å². The number of amides is 1. The van der Waals surface area contributed by atoms with Gasteiger partial charge in [-0.05, 0) is 28.1 Å². The highest BCUT2D eigenvalue weighted by Crippen LogP contribution is 2.15. The molecule has 2 rings (SSSR count). The van der Waals surface area contributed by atoms with Crippen LogP contribution in [0.4, 0.5) is 5.82 Å². The summed E-state index contributed by atoms with van der Waals surface area (Å²) in [5, 5.41) is 6.88. The van der Waals surface area contributed by atoms with Gasteiger partial charge in [0.1, 0.15) is 5.82 Å². The summed E-state index contributed by atoms with van der Waals surface area (Å²) in [7, 11) is 1.69. The topological polar surface area (TPSA) is 59.8 Å². The van der Waals surface area contributed by atoms with E-state index in [1.165, 1.54) is 4.68 Å². The first-order chi connectivity index (χ1) is 8.06. The molecule has 0 aliphatic rings. The molecule has 5 nitrogen and oxygen atoms in total. The highest BCUT2D eigenvalue weighted by Gasteiger charge is 2.15. The summed E-state index contributed by atoms with van der Waals surface area (Å²) in [4.78, 5) is 15.8. The van der Waals surface area contributed by atoms with E-state index in [0.717, 1.165) is 4.47 Å². The fourth-order valence-electron chi connectivity index (χ4n) is 1.24. The molecular formula is C10H8BrClN4O. The molecule has 0 bridgehead atoms. The first-order valence-electron chi connectivity index (χ1n) is 4.68. The summed E-state index contributed by atoms with van der Waals surface area (Å²) < 4.78 is 2.32. The highest BCUT2D eigenvalue weighted by molar-refractivity contribution is 9.10. The molecule has 0 radical (unpaired) electrons. The molecule has 1 N–H and O–H groups in total. The van der Waals surface area contributed by atoms with Crippen LogP contribution < -0.4 is 5.32 Å². The molecule has 0 aliphatic heterocycles. The number of aryl methyl sites for hydroxylation is 1. The van der Waals surface area contributed by atoms with Gasteiger partial charge >= 0.3 is 0 Å². The second-order valence-electron chi connectivity index (χ2n) is 3.32. The van der Waals surface area contributed by atoms with Gasteiger partial charge in [-0.15, -0.1) is 0 Å². The highest BCUT2D eigenvalue weighted by atomic mass is 79.9. The summed E-state index contributed by atoms with van der Waals surface area (Å²) in [6.07, 6.45) is 3.15. The number of hydrogen-bond acceptors (Lipinski definition) is 3. The number of nitrogens with one attached hydrogen (secondary N) is 1. The summed E-state index contributed by atoms with van der Waals surface area (Å²) in [5.41, 5.74) is 0.180. The van der Waals surface area contributed by atoms with Crippen LogP contribution in [-0.2, 0) is 7.05 Å². The zero-order valence-corrected chi connectivity index (χ0v) is 11.2. The summed E-state index contributed by atoms with van der Waals surface area (Å²) >= 11 is 9.12. The van der Waals surface area contributed by atoms with E-state index >= 15 is 0 Å². The van der Waals surface area contributed by atoms with Crippen LogP contribution in [0.1, 0.15) is 10.5 Å². The maximum absolute atomic E-state index is 11.8. The van der Waals surface area contributed by atoms with E-state index in [1.54, 1.807) is 31.6 Å². The Morgan fingerprint density at radius 3 is 2.82 bits per heavy atom. The van der Waals surface area contributed by atoms with Gasteiger partial charge in [-0.3, -0.25) is 9.48 Å². The molecule has 0 unspecified atom stereocenters. The molecule has 0 spiro atoms. The summed E-state index contributed by atoms with van der Waals surface area (Å²) in [6, 6.07) is 3.46. The lowest BCUT2D eigenvalue weighted by Crippen LogP contribution is -2.14. The lowest BCUT2D eigenvalue weighted by molar-refractivity contribution is 0.102. The Morgan fingerprint density at radius 2 is 2.29 bits per heavy atom. The molecule has 2 aromatic rings. The van der Waals surface area contributed by atoms with Crippen molar-refractivity contribution < 1.29 is 4.79 Å². The van der Waals surface area contributed by atoms with Gasteiger partial charge in [0.05, 0.1) is 5.02 Å². The van der Waals surface area contributed by atoms with Crippen LogP contribution in [0.2, 0.25) is 5.02 Å². The average Bonchev–Trinajstić information content (AvgIpc) is 2.61. The second-order valence-corrected chi connectivity index (χ2v) is 4.64. The number of anilines is 1. The Balaban J connectivity index is 2.17. The normalized spacial score (nSPS) is 10.3. The molecule has 88 valence electrons. The van der Waals surface area contributed by atoms with Gasteiger partial charge in [0.25, 0.3) is 5.91 Å². The standard InChI is InChI=1S/C10H8BrClN4O/c1-16-5-7(12)9(15-16)10(17)14-8-3-2-6(11)4-13-8/h2-5H,1H3,(H,13,14,17). The first-order valence-corrected chi connectivity index (χ1v) is 5.85. The van der Waals surface area contributed by atoms with Gasteiger partial charge in [-0.25, -0.2) is 4.98 Å². The molecule has 7 heteroatoms. The predicted octanol–water partition coefficient (Wildman–Crippen LogP) is 2.48. The first kappa shape index (κ1) is 12.1. The van der Waals surface area contributed by atoms with Crippen molar-refractivity contribution in [2.24, 2.45) is 7.05 Å². The number of rotatable bonds is 2. The smallest absolute Gasteiger partial charge is 0.278 e. The summed E-state index contributed by atoms with van der Waals surface area (Å²) in [5.74, 6) is 0.0605. The van der Waals surface area contributed by atoms with Crippen molar-refractivity contribution in [3.63, 3.8) is 0 Å².